The molecule has 0 radical (unpaired) electrons. The Morgan fingerprint density at radius 2 is 1.63 bits per heavy atom. The first-order valence-electron chi connectivity index (χ1n) is 11.2. The highest BCUT2D eigenvalue weighted by Gasteiger charge is 2.31. The van der Waals surface area contributed by atoms with Gasteiger partial charge in [-0.3, -0.25) is 19.2 Å². The molecule has 1 unspecified atom stereocenters. The molecule has 35 heavy (non-hydrogen) atoms. The number of hydrogen-bond donors (Lipinski definition) is 3. The maximum atomic E-state index is 13.4. The monoisotopic (exact) mass is 481 g/mol. The van der Waals surface area contributed by atoms with E-state index in [9.17, 15) is 23.6 Å². The van der Waals surface area contributed by atoms with E-state index in [-0.39, 0.29) is 0 Å². The van der Waals surface area contributed by atoms with E-state index in [1.807, 2.05) is 59.2 Å². The van der Waals surface area contributed by atoms with Crippen LogP contribution in [-0.4, -0.2) is 52.0 Å². The lowest BCUT2D eigenvalue weighted by Crippen LogP contribution is -2.54. The van der Waals surface area contributed by atoms with E-state index in [2.05, 4.69) is 10.6 Å². The summed E-state index contributed by atoms with van der Waals surface area (Å²) >= 11 is 0. The minimum atomic E-state index is -1.52. The molecule has 0 bridgehead atoms. The van der Waals surface area contributed by atoms with Crippen LogP contribution in [0.3, 0.4) is 0 Å². The molecule has 3 rings (SSSR count). The average Bonchev–Trinajstić information content (AvgIpc) is 3.20. The van der Waals surface area contributed by atoms with Gasteiger partial charge in [-0.05, 0) is 23.6 Å². The number of para-hydroxylation sites is 1. The van der Waals surface area contributed by atoms with Crippen molar-refractivity contribution in [2.24, 2.45) is 5.92 Å². The molecule has 1 aromatic heterocycles. The molecule has 0 spiro atoms. The number of rotatable bonds is 11. The van der Waals surface area contributed by atoms with Crippen LogP contribution in [0.2, 0.25) is 0 Å². The van der Waals surface area contributed by atoms with Crippen LogP contribution in [0.15, 0.2) is 60.7 Å². The van der Waals surface area contributed by atoms with Crippen LogP contribution < -0.4 is 10.6 Å². The summed E-state index contributed by atoms with van der Waals surface area (Å²) in [5.41, 5.74) is 2.18. The number of halogens is 1. The van der Waals surface area contributed by atoms with E-state index in [1.165, 1.54) is 0 Å². The lowest BCUT2D eigenvalue weighted by Gasteiger charge is -2.24. The van der Waals surface area contributed by atoms with Gasteiger partial charge in [0.15, 0.2) is 5.78 Å². The van der Waals surface area contributed by atoms with Gasteiger partial charge in [0, 0.05) is 17.4 Å². The fourth-order valence-electron chi connectivity index (χ4n) is 3.86. The molecule has 0 aliphatic heterocycles. The summed E-state index contributed by atoms with van der Waals surface area (Å²) in [7, 11) is 0. The van der Waals surface area contributed by atoms with Crippen molar-refractivity contribution in [1.29, 1.82) is 0 Å². The first kappa shape index (κ1) is 25.6. The van der Waals surface area contributed by atoms with Crippen molar-refractivity contribution in [3.63, 3.8) is 0 Å². The molecular weight excluding hydrogens is 453 g/mol. The second-order valence-corrected chi connectivity index (χ2v) is 8.61. The highest BCUT2D eigenvalue weighted by molar-refractivity contribution is 6.01. The maximum Gasteiger partial charge on any atom is 0.305 e. The first-order valence-corrected chi connectivity index (χ1v) is 11.2. The summed E-state index contributed by atoms with van der Waals surface area (Å²) in [6.07, 6.45) is -0.751. The molecule has 0 aliphatic rings. The minimum absolute atomic E-state index is 0.343. The summed E-state index contributed by atoms with van der Waals surface area (Å²) in [5.74, 6) is -4.05. The quantitative estimate of drug-likeness (QED) is 0.389. The smallest absolute Gasteiger partial charge is 0.305 e. The summed E-state index contributed by atoms with van der Waals surface area (Å²) < 4.78 is 14.7. The Morgan fingerprint density at radius 1 is 0.971 bits per heavy atom. The molecule has 2 amide bonds. The van der Waals surface area contributed by atoms with Crippen molar-refractivity contribution in [3.05, 3.63) is 71.9 Å². The Morgan fingerprint density at radius 3 is 2.26 bits per heavy atom. The van der Waals surface area contributed by atoms with E-state index in [4.69, 9.17) is 5.11 Å². The third-order valence-electron chi connectivity index (χ3n) is 5.68. The summed E-state index contributed by atoms with van der Waals surface area (Å²) in [5, 5.41) is 14.9. The van der Waals surface area contributed by atoms with Gasteiger partial charge in [-0.25, -0.2) is 4.39 Å². The van der Waals surface area contributed by atoms with Gasteiger partial charge in [0.25, 0.3) is 5.91 Å². The number of amides is 2. The minimum Gasteiger partial charge on any atom is -0.481 e. The lowest BCUT2D eigenvalue weighted by molar-refractivity contribution is -0.140. The van der Waals surface area contributed by atoms with Crippen LogP contribution in [0.5, 0.6) is 0 Å². The predicted octanol–water partition coefficient (Wildman–Crippen LogP) is 2.94. The van der Waals surface area contributed by atoms with Crippen LogP contribution >= 0.6 is 0 Å². The number of aromatic nitrogens is 1. The van der Waals surface area contributed by atoms with Gasteiger partial charge >= 0.3 is 5.97 Å². The number of carboxylic acid groups (broad SMARTS) is 1. The molecule has 0 saturated carbocycles. The Labute approximate surface area is 202 Å². The fraction of sp³-hybridized carbons (Fsp3) is 0.308. The molecule has 3 aromatic rings. The summed E-state index contributed by atoms with van der Waals surface area (Å²) in [4.78, 5) is 49.1. The van der Waals surface area contributed by atoms with Crippen molar-refractivity contribution >= 4 is 34.5 Å². The van der Waals surface area contributed by atoms with E-state index < -0.39 is 54.7 Å². The number of carboxylic acids is 1. The molecule has 9 heteroatoms. The third kappa shape index (κ3) is 6.32. The molecule has 8 nitrogen and oxygen atoms in total. The highest BCUT2D eigenvalue weighted by atomic mass is 19.1. The van der Waals surface area contributed by atoms with Crippen LogP contribution in [0.4, 0.5) is 4.39 Å². The SMILES string of the molecule is CC(C)[C@H](NC(=O)c1cc2ccccc2n1Cc1ccccc1)C(=O)NC(CC(=O)O)C(=O)CF. The standard InChI is InChI=1S/C26H28FN3O5/c1-16(2)24(26(35)28-19(13-23(32)33)22(31)14-27)29-25(34)21-12-18-10-6-7-11-20(18)30(21)15-17-8-4-3-5-9-17/h3-12,16,19,24H,13-15H2,1-2H3,(H,28,35)(H,29,34)(H,32,33)/t19?,24-/m0/s1. The number of nitrogens with one attached hydrogen (secondary N) is 2. The molecule has 0 aliphatic carbocycles. The van der Waals surface area contributed by atoms with Crippen LogP contribution in [0.1, 0.15) is 36.3 Å². The van der Waals surface area contributed by atoms with Gasteiger partial charge in [-0.2, -0.15) is 0 Å². The Bertz CT molecular complexity index is 1220. The molecule has 0 saturated heterocycles. The predicted molar refractivity (Wildman–Crippen MR) is 129 cm³/mol. The Balaban J connectivity index is 1.88. The maximum absolute atomic E-state index is 13.4. The number of benzene rings is 2. The van der Waals surface area contributed by atoms with Gasteiger partial charge in [-0.1, -0.05) is 62.4 Å². The van der Waals surface area contributed by atoms with Gasteiger partial charge in [0.05, 0.1) is 6.42 Å². The third-order valence-corrected chi connectivity index (χ3v) is 5.68. The first-order chi connectivity index (χ1) is 16.7. The number of carbonyl (C=O) groups excluding carboxylic acids is 3. The number of aliphatic carboxylic acids is 1. The van der Waals surface area contributed by atoms with E-state index in [0.29, 0.717) is 12.2 Å². The summed E-state index contributed by atoms with van der Waals surface area (Å²) in [6, 6.07) is 16.3. The zero-order chi connectivity index (χ0) is 25.5. The number of hydrogen-bond acceptors (Lipinski definition) is 4. The lowest BCUT2D eigenvalue weighted by atomic mass is 10.0. The van der Waals surface area contributed by atoms with Gasteiger partial charge in [-0.15, -0.1) is 0 Å². The molecule has 2 atom stereocenters. The molecule has 2 aromatic carbocycles. The zero-order valence-corrected chi connectivity index (χ0v) is 19.5. The topological polar surface area (TPSA) is 118 Å². The van der Waals surface area contributed by atoms with Crippen LogP contribution in [0.25, 0.3) is 10.9 Å². The van der Waals surface area contributed by atoms with Crippen molar-refractivity contribution in [2.45, 2.75) is 38.9 Å². The second-order valence-electron chi connectivity index (χ2n) is 8.61. The second kappa shape index (κ2) is 11.4. The van der Waals surface area contributed by atoms with E-state index in [0.717, 1.165) is 16.5 Å². The number of carbonyl (C=O) groups is 4. The van der Waals surface area contributed by atoms with Gasteiger partial charge in [0.1, 0.15) is 24.5 Å². The normalized spacial score (nSPS) is 12.8. The van der Waals surface area contributed by atoms with Crippen LogP contribution in [0, 0.1) is 5.92 Å². The number of nitrogens with zero attached hydrogens (tertiary/aromatic N) is 1. The fourth-order valence-corrected chi connectivity index (χ4v) is 3.86. The molecule has 1 heterocycles. The van der Waals surface area contributed by atoms with Crippen LogP contribution in [-0.2, 0) is 20.9 Å². The largest absolute Gasteiger partial charge is 0.481 e. The summed E-state index contributed by atoms with van der Waals surface area (Å²) in [6.45, 7) is 2.43. The van der Waals surface area contributed by atoms with Crippen molar-refractivity contribution in [3.8, 4) is 0 Å². The zero-order valence-electron chi connectivity index (χ0n) is 19.5. The van der Waals surface area contributed by atoms with Crippen molar-refractivity contribution in [1.82, 2.24) is 15.2 Å². The molecular formula is C26H28FN3O5. The Kier molecular flexibility index (Phi) is 8.35. The van der Waals surface area contributed by atoms with E-state index >= 15 is 0 Å². The van der Waals surface area contributed by atoms with Crippen molar-refractivity contribution < 1.29 is 28.7 Å². The Hall–Kier alpha value is -4.01. The number of ketones is 1. The van der Waals surface area contributed by atoms with E-state index in [1.54, 1.807) is 19.9 Å². The molecule has 3 N–H and O–H groups in total. The van der Waals surface area contributed by atoms with Crippen molar-refractivity contribution in [2.75, 3.05) is 6.67 Å². The number of alkyl halides is 1. The number of Topliss-reactive ketones (excluding diaryl/α,β-unsaturated/α-hetero) is 1. The highest BCUT2D eigenvalue weighted by Crippen LogP contribution is 2.22. The average molecular weight is 482 g/mol. The molecule has 184 valence electrons. The van der Waals surface area contributed by atoms with Gasteiger partial charge < -0.3 is 20.3 Å². The molecule has 0 fully saturated rings. The van der Waals surface area contributed by atoms with Gasteiger partial charge in [0.2, 0.25) is 5.91 Å². The number of fused-ring (bicyclic) bond motifs is 1.